The fourth-order valence-electron chi connectivity index (χ4n) is 3.04. The van der Waals surface area contributed by atoms with Gasteiger partial charge in [0.05, 0.1) is 0 Å². The highest BCUT2D eigenvalue weighted by atomic mass is 32.1. The average Bonchev–Trinajstić information content (AvgIpc) is 2.82. The third-order valence-electron chi connectivity index (χ3n) is 4.07. The number of carbonyl (C=O) groups is 1. The molecule has 1 aliphatic heterocycles. The summed E-state index contributed by atoms with van der Waals surface area (Å²) in [5.41, 5.74) is 0.878. The molecular formula is C19H20N2OS. The molecule has 0 unspecified atom stereocenters. The van der Waals surface area contributed by atoms with Crippen molar-refractivity contribution in [1.82, 2.24) is 10.2 Å². The van der Waals surface area contributed by atoms with Gasteiger partial charge in [0.2, 0.25) is 0 Å². The van der Waals surface area contributed by atoms with E-state index in [0.717, 1.165) is 11.1 Å². The van der Waals surface area contributed by atoms with Gasteiger partial charge in [0.15, 0.2) is 10.7 Å². The second-order valence-corrected chi connectivity index (χ2v) is 6.61. The summed E-state index contributed by atoms with van der Waals surface area (Å²) in [6.45, 7) is 4.79. The Balaban J connectivity index is 2.15. The van der Waals surface area contributed by atoms with Crippen LogP contribution in [0.2, 0.25) is 0 Å². The van der Waals surface area contributed by atoms with E-state index in [9.17, 15) is 4.79 Å². The average molecular weight is 324 g/mol. The van der Waals surface area contributed by atoms with Crippen LogP contribution in [-0.2, 0) is 10.3 Å². The molecule has 0 spiro atoms. The van der Waals surface area contributed by atoms with E-state index >= 15 is 0 Å². The molecular weight excluding hydrogens is 304 g/mol. The minimum atomic E-state index is -0.936. The number of hydrogen-bond donors (Lipinski definition) is 1. The molecule has 118 valence electrons. The lowest BCUT2D eigenvalue weighted by Gasteiger charge is -2.28. The minimum Gasteiger partial charge on any atom is -0.341 e. The van der Waals surface area contributed by atoms with Crippen molar-refractivity contribution in [3.05, 3.63) is 71.8 Å². The van der Waals surface area contributed by atoms with Crippen LogP contribution >= 0.6 is 12.2 Å². The van der Waals surface area contributed by atoms with Gasteiger partial charge in [-0.25, -0.2) is 0 Å². The summed E-state index contributed by atoms with van der Waals surface area (Å²) < 4.78 is 0. The van der Waals surface area contributed by atoms with Gasteiger partial charge in [-0.15, -0.1) is 0 Å². The smallest absolute Gasteiger partial charge is 0.263 e. The maximum atomic E-state index is 13.4. The summed E-state index contributed by atoms with van der Waals surface area (Å²) in [4.78, 5) is 15.0. The Kier molecular flexibility index (Phi) is 4.18. The molecule has 0 aliphatic carbocycles. The molecule has 4 heteroatoms. The van der Waals surface area contributed by atoms with Gasteiger partial charge >= 0.3 is 0 Å². The van der Waals surface area contributed by atoms with Crippen molar-refractivity contribution < 1.29 is 4.79 Å². The molecule has 0 aromatic heterocycles. The van der Waals surface area contributed by atoms with Crippen molar-refractivity contribution in [3.63, 3.8) is 0 Å². The van der Waals surface area contributed by atoms with Crippen molar-refractivity contribution in [2.75, 3.05) is 6.54 Å². The van der Waals surface area contributed by atoms with Gasteiger partial charge in [0, 0.05) is 6.54 Å². The summed E-state index contributed by atoms with van der Waals surface area (Å²) >= 11 is 5.48. The second-order valence-electron chi connectivity index (χ2n) is 6.22. The molecule has 23 heavy (non-hydrogen) atoms. The molecule has 1 fully saturated rings. The first-order valence-electron chi connectivity index (χ1n) is 7.81. The molecule has 1 heterocycles. The molecule has 0 saturated carbocycles. The van der Waals surface area contributed by atoms with Gasteiger partial charge in [0.1, 0.15) is 0 Å². The Bertz CT molecular complexity index is 673. The fraction of sp³-hybridized carbons (Fsp3) is 0.263. The van der Waals surface area contributed by atoms with Gasteiger partial charge in [0.25, 0.3) is 5.91 Å². The number of carbonyl (C=O) groups excluding carboxylic acids is 1. The first kappa shape index (κ1) is 15.7. The Hall–Kier alpha value is -2.20. The van der Waals surface area contributed by atoms with Crippen LogP contribution < -0.4 is 5.32 Å². The van der Waals surface area contributed by atoms with E-state index in [1.165, 1.54) is 0 Å². The number of amides is 1. The summed E-state index contributed by atoms with van der Waals surface area (Å²) in [5.74, 6) is 0.342. The Morgan fingerprint density at radius 3 is 1.91 bits per heavy atom. The molecule has 0 atom stereocenters. The van der Waals surface area contributed by atoms with Crippen LogP contribution in [0.4, 0.5) is 0 Å². The maximum Gasteiger partial charge on any atom is 0.263 e. The van der Waals surface area contributed by atoms with E-state index in [4.69, 9.17) is 12.2 Å². The van der Waals surface area contributed by atoms with Crippen molar-refractivity contribution in [3.8, 4) is 0 Å². The lowest BCUT2D eigenvalue weighted by molar-refractivity contribution is -0.130. The lowest BCUT2D eigenvalue weighted by Crippen LogP contribution is -2.45. The topological polar surface area (TPSA) is 32.3 Å². The molecule has 1 N–H and O–H groups in total. The predicted molar refractivity (Wildman–Crippen MR) is 95.9 cm³/mol. The van der Waals surface area contributed by atoms with Crippen molar-refractivity contribution in [1.29, 1.82) is 0 Å². The van der Waals surface area contributed by atoms with Crippen LogP contribution in [0.3, 0.4) is 0 Å². The lowest BCUT2D eigenvalue weighted by atomic mass is 9.82. The van der Waals surface area contributed by atoms with Crippen molar-refractivity contribution in [2.24, 2.45) is 5.92 Å². The molecule has 3 rings (SSSR count). The third-order valence-corrected chi connectivity index (χ3v) is 4.39. The van der Waals surface area contributed by atoms with Crippen LogP contribution in [0.1, 0.15) is 25.0 Å². The van der Waals surface area contributed by atoms with Crippen LogP contribution in [0.25, 0.3) is 0 Å². The van der Waals surface area contributed by atoms with Crippen molar-refractivity contribution in [2.45, 2.75) is 19.4 Å². The van der Waals surface area contributed by atoms with Gasteiger partial charge in [-0.05, 0) is 29.3 Å². The van der Waals surface area contributed by atoms with Crippen LogP contribution in [0.15, 0.2) is 60.7 Å². The van der Waals surface area contributed by atoms with E-state index < -0.39 is 5.54 Å². The first-order valence-corrected chi connectivity index (χ1v) is 8.21. The highest BCUT2D eigenvalue weighted by molar-refractivity contribution is 7.80. The van der Waals surface area contributed by atoms with Gasteiger partial charge < -0.3 is 5.32 Å². The first-order chi connectivity index (χ1) is 11.1. The summed E-state index contributed by atoms with van der Waals surface area (Å²) in [7, 11) is 0. The monoisotopic (exact) mass is 324 g/mol. The van der Waals surface area contributed by atoms with Gasteiger partial charge in [-0.3, -0.25) is 9.69 Å². The zero-order valence-corrected chi connectivity index (χ0v) is 14.1. The van der Waals surface area contributed by atoms with Crippen LogP contribution in [0, 0.1) is 5.92 Å². The SMILES string of the molecule is CC(C)CN1C(=O)C(c2ccccc2)(c2ccccc2)NC1=S. The zero-order valence-electron chi connectivity index (χ0n) is 13.3. The molecule has 2 aromatic carbocycles. The van der Waals surface area contributed by atoms with E-state index in [1.54, 1.807) is 4.90 Å². The molecule has 1 aliphatic rings. The van der Waals surface area contributed by atoms with Gasteiger partial charge in [-0.2, -0.15) is 0 Å². The molecule has 0 radical (unpaired) electrons. The number of nitrogens with one attached hydrogen (secondary N) is 1. The Morgan fingerprint density at radius 2 is 1.48 bits per heavy atom. The third kappa shape index (κ3) is 2.63. The van der Waals surface area contributed by atoms with E-state index in [-0.39, 0.29) is 5.91 Å². The molecule has 1 amide bonds. The number of nitrogens with zero attached hydrogens (tertiary/aromatic N) is 1. The molecule has 1 saturated heterocycles. The summed E-state index contributed by atoms with van der Waals surface area (Å²) in [5, 5.41) is 3.81. The standard InChI is InChI=1S/C19H20N2OS/c1-14(2)13-21-17(22)19(20-18(21)23,15-9-5-3-6-10-15)16-11-7-4-8-12-16/h3-12,14H,13H2,1-2H3,(H,20,23). The number of hydrogen-bond acceptors (Lipinski definition) is 2. The molecule has 0 bridgehead atoms. The molecule has 3 nitrogen and oxygen atoms in total. The number of rotatable bonds is 4. The van der Waals surface area contributed by atoms with Crippen LogP contribution in [0.5, 0.6) is 0 Å². The van der Waals surface area contributed by atoms with E-state index in [2.05, 4.69) is 19.2 Å². The normalized spacial score (nSPS) is 16.7. The quantitative estimate of drug-likeness (QED) is 0.876. The summed E-state index contributed by atoms with van der Waals surface area (Å²) in [6, 6.07) is 19.6. The maximum absolute atomic E-state index is 13.4. The second kappa shape index (κ2) is 6.13. The molecule has 2 aromatic rings. The summed E-state index contributed by atoms with van der Waals surface area (Å²) in [6.07, 6.45) is 0. The highest BCUT2D eigenvalue weighted by Crippen LogP contribution is 2.36. The Labute approximate surface area is 142 Å². The van der Waals surface area contributed by atoms with E-state index in [0.29, 0.717) is 17.6 Å². The van der Waals surface area contributed by atoms with Crippen LogP contribution in [-0.4, -0.2) is 22.5 Å². The predicted octanol–water partition coefficient (Wildman–Crippen LogP) is 3.30. The zero-order chi connectivity index (χ0) is 16.4. The minimum absolute atomic E-state index is 0.00593. The number of benzene rings is 2. The van der Waals surface area contributed by atoms with Gasteiger partial charge in [-0.1, -0.05) is 74.5 Å². The van der Waals surface area contributed by atoms with E-state index in [1.807, 2.05) is 60.7 Å². The highest BCUT2D eigenvalue weighted by Gasteiger charge is 2.51. The largest absolute Gasteiger partial charge is 0.341 e. The Morgan fingerprint density at radius 1 is 1.00 bits per heavy atom. The van der Waals surface area contributed by atoms with Crippen molar-refractivity contribution >= 4 is 23.2 Å². The number of thiocarbonyl (C=S) groups is 1. The fourth-order valence-corrected chi connectivity index (χ4v) is 3.35.